The van der Waals surface area contributed by atoms with Crippen LogP contribution in [-0.4, -0.2) is 42.5 Å². The lowest BCUT2D eigenvalue weighted by molar-refractivity contribution is 0.150. The molecule has 0 aliphatic heterocycles. The Morgan fingerprint density at radius 3 is 2.11 bits per heavy atom. The summed E-state index contributed by atoms with van der Waals surface area (Å²) >= 11 is 0. The fourth-order valence-corrected chi connectivity index (χ4v) is 1.43. The second-order valence-electron chi connectivity index (χ2n) is 5.52. The molecule has 0 heterocycles. The second kappa shape index (κ2) is 21.9. The Bertz CT molecular complexity index is 463. The maximum absolute atomic E-state index is 11.3. The average molecular weight is 386 g/mol. The molecule has 6 N–H and O–H groups in total. The van der Waals surface area contributed by atoms with E-state index in [0.717, 1.165) is 26.4 Å². The predicted molar refractivity (Wildman–Crippen MR) is 113 cm³/mol. The molecule has 7 heteroatoms. The topological polar surface area (TPSA) is 129 Å². The van der Waals surface area contributed by atoms with Crippen molar-refractivity contribution >= 4 is 17.6 Å². The number of amidine groups is 1. The predicted octanol–water partition coefficient (Wildman–Crippen LogP) is 3.78. The first-order valence-electron chi connectivity index (χ1n) is 9.34. The van der Waals surface area contributed by atoms with E-state index in [9.17, 15) is 4.79 Å². The van der Waals surface area contributed by atoms with Crippen LogP contribution in [0.5, 0.6) is 0 Å². The van der Waals surface area contributed by atoms with E-state index in [0.29, 0.717) is 30.4 Å². The smallest absolute Gasteiger partial charge is 0.412 e. The van der Waals surface area contributed by atoms with Crippen LogP contribution in [-0.2, 0) is 4.74 Å². The largest absolute Gasteiger partial charge is 0.449 e. The first-order valence-corrected chi connectivity index (χ1v) is 9.34. The van der Waals surface area contributed by atoms with Gasteiger partial charge in [-0.1, -0.05) is 41.0 Å². The van der Waals surface area contributed by atoms with Crippen LogP contribution in [0.4, 0.5) is 10.5 Å². The van der Waals surface area contributed by atoms with Gasteiger partial charge >= 0.3 is 6.09 Å². The highest BCUT2D eigenvalue weighted by atomic mass is 16.5. The molecule has 0 bridgehead atoms. The zero-order valence-electron chi connectivity index (χ0n) is 17.7. The molecular weight excluding hydrogens is 346 g/mol. The van der Waals surface area contributed by atoms with Crippen LogP contribution in [0.25, 0.3) is 0 Å². The van der Waals surface area contributed by atoms with Gasteiger partial charge in [-0.3, -0.25) is 10.7 Å². The van der Waals surface area contributed by atoms with Crippen LogP contribution in [0.1, 0.15) is 59.4 Å². The van der Waals surface area contributed by atoms with Crippen molar-refractivity contribution < 1.29 is 19.7 Å². The average Bonchev–Trinajstić information content (AvgIpc) is 2.66. The molecule has 1 aromatic rings. The van der Waals surface area contributed by atoms with Gasteiger partial charge < -0.3 is 20.7 Å². The van der Waals surface area contributed by atoms with E-state index in [1.54, 1.807) is 24.3 Å². The number of hydrogen-bond donors (Lipinski definition) is 5. The molecule has 158 valence electrons. The standard InChI is InChI=1S/C12H17N3O2.C5H12O.C2H6.CH4O/c1-2-3-8-17-12(16)15-11(14)9-4-6-10(13)7-5-9;1-5(2)3-4-6;2*1-2/h4-7H,2-3,8,13H2,1H3,(H2,14,15,16);5-6H,3-4H2,1-2H3;1-2H3;2H,1H3. The van der Waals surface area contributed by atoms with Crippen molar-refractivity contribution in [3.05, 3.63) is 29.8 Å². The van der Waals surface area contributed by atoms with Gasteiger partial charge in [-0.05, 0) is 43.0 Å². The number of ether oxygens (including phenoxy) is 1. The van der Waals surface area contributed by atoms with Gasteiger partial charge in [0.1, 0.15) is 5.84 Å². The molecule has 0 radical (unpaired) electrons. The Hall–Kier alpha value is -2.12. The van der Waals surface area contributed by atoms with Crippen LogP contribution >= 0.6 is 0 Å². The van der Waals surface area contributed by atoms with Gasteiger partial charge in [-0.25, -0.2) is 4.79 Å². The highest BCUT2D eigenvalue weighted by Crippen LogP contribution is 2.05. The molecule has 27 heavy (non-hydrogen) atoms. The molecular formula is C20H39N3O4. The number of nitrogen functional groups attached to an aromatic ring is 1. The first-order chi connectivity index (χ1) is 12.9. The number of nitrogens with one attached hydrogen (secondary N) is 2. The van der Waals surface area contributed by atoms with E-state index in [1.807, 2.05) is 20.8 Å². The van der Waals surface area contributed by atoms with Crippen molar-refractivity contribution in [2.24, 2.45) is 5.92 Å². The third kappa shape index (κ3) is 20.0. The summed E-state index contributed by atoms with van der Waals surface area (Å²) in [6.07, 6.45) is 2.12. The second-order valence-corrected chi connectivity index (χ2v) is 5.52. The van der Waals surface area contributed by atoms with Gasteiger partial charge in [-0.2, -0.15) is 0 Å². The third-order valence-electron chi connectivity index (χ3n) is 2.86. The van der Waals surface area contributed by atoms with E-state index >= 15 is 0 Å². The number of aliphatic hydroxyl groups is 2. The summed E-state index contributed by atoms with van der Waals surface area (Å²) < 4.78 is 4.88. The SMILES string of the molecule is CC.CC(C)CCO.CCCCOC(=O)NC(=N)c1ccc(N)cc1.CO. The zero-order valence-corrected chi connectivity index (χ0v) is 17.7. The van der Waals surface area contributed by atoms with Crippen LogP contribution in [0, 0.1) is 11.3 Å². The van der Waals surface area contributed by atoms with Crippen molar-refractivity contribution in [3.63, 3.8) is 0 Å². The maximum atomic E-state index is 11.3. The highest BCUT2D eigenvalue weighted by Gasteiger charge is 2.07. The molecule has 0 spiro atoms. The van der Waals surface area contributed by atoms with Crippen molar-refractivity contribution in [2.75, 3.05) is 26.1 Å². The molecule has 0 saturated carbocycles. The first kappa shape index (κ1) is 29.6. The summed E-state index contributed by atoms with van der Waals surface area (Å²) in [7, 11) is 1.00. The third-order valence-corrected chi connectivity index (χ3v) is 2.86. The van der Waals surface area contributed by atoms with Gasteiger partial charge in [0.25, 0.3) is 0 Å². The van der Waals surface area contributed by atoms with Gasteiger partial charge in [-0.15, -0.1) is 0 Å². The number of nitrogens with two attached hydrogens (primary N) is 1. The minimum absolute atomic E-state index is 0.00602. The highest BCUT2D eigenvalue weighted by molar-refractivity contribution is 6.04. The summed E-state index contributed by atoms with van der Waals surface area (Å²) in [4.78, 5) is 11.3. The van der Waals surface area contributed by atoms with E-state index in [-0.39, 0.29) is 5.84 Å². The van der Waals surface area contributed by atoms with Gasteiger partial charge in [0.2, 0.25) is 0 Å². The summed E-state index contributed by atoms with van der Waals surface area (Å²) in [5.41, 5.74) is 6.73. The molecule has 0 fully saturated rings. The lowest BCUT2D eigenvalue weighted by Crippen LogP contribution is -2.31. The Kier molecular flexibility index (Phi) is 24.1. The van der Waals surface area contributed by atoms with Crippen LogP contribution in [0.3, 0.4) is 0 Å². The van der Waals surface area contributed by atoms with E-state index < -0.39 is 6.09 Å². The quantitative estimate of drug-likeness (QED) is 0.220. The van der Waals surface area contributed by atoms with Gasteiger partial charge in [0.15, 0.2) is 0 Å². The minimum Gasteiger partial charge on any atom is -0.449 e. The molecule has 1 rings (SSSR count). The molecule has 0 atom stereocenters. The van der Waals surface area contributed by atoms with Crippen LogP contribution in [0.2, 0.25) is 0 Å². The Labute approximate surface area is 164 Å². The summed E-state index contributed by atoms with van der Waals surface area (Å²) in [5, 5.41) is 25.3. The summed E-state index contributed by atoms with van der Waals surface area (Å²) in [5.74, 6) is 0.654. The number of aliphatic hydroxyl groups excluding tert-OH is 2. The monoisotopic (exact) mass is 385 g/mol. The molecule has 1 aromatic carbocycles. The van der Waals surface area contributed by atoms with Crippen molar-refractivity contribution in [1.29, 1.82) is 5.41 Å². The number of hydrogen-bond acceptors (Lipinski definition) is 6. The maximum Gasteiger partial charge on any atom is 0.412 e. The Morgan fingerprint density at radius 2 is 1.74 bits per heavy atom. The van der Waals surface area contributed by atoms with Crippen molar-refractivity contribution in [1.82, 2.24) is 5.32 Å². The van der Waals surface area contributed by atoms with Crippen LogP contribution < -0.4 is 11.1 Å². The molecule has 0 aliphatic carbocycles. The molecule has 0 saturated heterocycles. The Balaban J connectivity index is -0.000000484. The van der Waals surface area contributed by atoms with E-state index in [1.165, 1.54) is 0 Å². The number of rotatable bonds is 6. The molecule has 7 nitrogen and oxygen atoms in total. The van der Waals surface area contributed by atoms with E-state index in [4.69, 9.17) is 26.1 Å². The molecule has 1 amide bonds. The minimum atomic E-state index is -0.597. The van der Waals surface area contributed by atoms with Gasteiger partial charge in [0.05, 0.1) is 6.61 Å². The van der Waals surface area contributed by atoms with Gasteiger partial charge in [0, 0.05) is 25.0 Å². The summed E-state index contributed by atoms with van der Waals surface area (Å²) in [6.45, 7) is 10.9. The molecule has 0 aliphatic rings. The fourth-order valence-electron chi connectivity index (χ4n) is 1.43. The number of unbranched alkanes of at least 4 members (excludes halogenated alkanes) is 1. The molecule has 0 aromatic heterocycles. The fraction of sp³-hybridized carbons (Fsp3) is 0.600. The van der Waals surface area contributed by atoms with E-state index in [2.05, 4.69) is 19.2 Å². The Morgan fingerprint density at radius 1 is 1.22 bits per heavy atom. The lowest BCUT2D eigenvalue weighted by atomic mass is 10.2. The number of benzene rings is 1. The molecule has 0 unspecified atom stereocenters. The number of carbonyl (C=O) groups excluding carboxylic acids is 1. The number of alkyl carbamates (subject to hydrolysis) is 1. The zero-order chi connectivity index (χ0) is 21.7. The number of carbonyl (C=O) groups is 1. The number of amides is 1. The number of anilines is 1. The van der Waals surface area contributed by atoms with Crippen molar-refractivity contribution in [2.45, 2.75) is 53.9 Å². The summed E-state index contributed by atoms with van der Waals surface area (Å²) in [6, 6.07) is 6.69. The van der Waals surface area contributed by atoms with Crippen molar-refractivity contribution in [3.8, 4) is 0 Å². The van der Waals surface area contributed by atoms with Crippen LogP contribution in [0.15, 0.2) is 24.3 Å². The normalized spacial score (nSPS) is 8.78. The lowest BCUT2D eigenvalue weighted by Gasteiger charge is -2.07.